The van der Waals surface area contributed by atoms with E-state index in [-0.39, 0.29) is 17.0 Å². The third-order valence-electron chi connectivity index (χ3n) is 2.78. The molecule has 2 N–H and O–H groups in total. The molecule has 0 amide bonds. The summed E-state index contributed by atoms with van der Waals surface area (Å²) in [6.45, 7) is 3.50. The Labute approximate surface area is 102 Å². The zero-order chi connectivity index (χ0) is 13.5. The number of furan rings is 1. The molecule has 0 aliphatic carbocycles. The van der Waals surface area contributed by atoms with Crippen LogP contribution >= 0.6 is 0 Å². The van der Waals surface area contributed by atoms with Gasteiger partial charge in [-0.25, -0.2) is 0 Å². The summed E-state index contributed by atoms with van der Waals surface area (Å²) >= 11 is 0. The Kier molecular flexibility index (Phi) is 2.84. The van der Waals surface area contributed by atoms with Gasteiger partial charge >= 0.3 is 6.18 Å². The first-order chi connectivity index (χ1) is 8.29. The van der Waals surface area contributed by atoms with Crippen molar-refractivity contribution >= 4 is 5.69 Å². The quantitative estimate of drug-likeness (QED) is 0.777. The van der Waals surface area contributed by atoms with Crippen LogP contribution in [-0.2, 0) is 6.18 Å². The van der Waals surface area contributed by atoms with Gasteiger partial charge in [0.15, 0.2) is 0 Å². The molecule has 0 spiro atoms. The van der Waals surface area contributed by atoms with Crippen LogP contribution in [0.4, 0.5) is 18.9 Å². The van der Waals surface area contributed by atoms with E-state index in [1.54, 1.807) is 19.9 Å². The van der Waals surface area contributed by atoms with Gasteiger partial charge in [0, 0.05) is 11.3 Å². The standard InChI is InChI=1S/C13H12F3NO/c1-7-5-12(18-8(7)2)10-4-3-9(17)6-11(10)13(14,15)16/h3-6H,17H2,1-2H3. The highest BCUT2D eigenvalue weighted by molar-refractivity contribution is 5.67. The van der Waals surface area contributed by atoms with Crippen LogP contribution in [0.1, 0.15) is 16.9 Å². The van der Waals surface area contributed by atoms with Gasteiger partial charge in [-0.3, -0.25) is 0 Å². The largest absolute Gasteiger partial charge is 0.461 e. The van der Waals surface area contributed by atoms with Crippen molar-refractivity contribution in [3.05, 3.63) is 41.2 Å². The Hall–Kier alpha value is -1.91. The third kappa shape index (κ3) is 2.20. The molecule has 0 bridgehead atoms. The molecule has 0 unspecified atom stereocenters. The number of nitrogen functional groups attached to an aromatic ring is 1. The fourth-order valence-corrected chi connectivity index (χ4v) is 1.72. The fourth-order valence-electron chi connectivity index (χ4n) is 1.72. The van der Waals surface area contributed by atoms with Gasteiger partial charge in [-0.15, -0.1) is 0 Å². The van der Waals surface area contributed by atoms with Crippen molar-refractivity contribution in [2.75, 3.05) is 5.73 Å². The second kappa shape index (κ2) is 4.08. The number of halogens is 3. The zero-order valence-corrected chi connectivity index (χ0v) is 9.93. The summed E-state index contributed by atoms with van der Waals surface area (Å²) in [7, 11) is 0. The highest BCUT2D eigenvalue weighted by Gasteiger charge is 2.34. The summed E-state index contributed by atoms with van der Waals surface area (Å²) in [5.41, 5.74) is 5.52. The van der Waals surface area contributed by atoms with Crippen LogP contribution < -0.4 is 5.73 Å². The van der Waals surface area contributed by atoms with Crippen molar-refractivity contribution in [1.29, 1.82) is 0 Å². The van der Waals surface area contributed by atoms with E-state index in [1.165, 1.54) is 12.1 Å². The maximum Gasteiger partial charge on any atom is 0.417 e. The Morgan fingerprint density at radius 2 is 1.78 bits per heavy atom. The molecule has 1 heterocycles. The Bertz CT molecular complexity index is 565. The Morgan fingerprint density at radius 1 is 1.11 bits per heavy atom. The van der Waals surface area contributed by atoms with Crippen LogP contribution in [0.2, 0.25) is 0 Å². The number of aryl methyl sites for hydroxylation is 2. The van der Waals surface area contributed by atoms with Gasteiger partial charge in [0.2, 0.25) is 0 Å². The maximum atomic E-state index is 12.9. The van der Waals surface area contributed by atoms with Crippen molar-refractivity contribution in [3.8, 4) is 11.3 Å². The lowest BCUT2D eigenvalue weighted by atomic mass is 10.0. The van der Waals surface area contributed by atoms with Gasteiger partial charge < -0.3 is 10.2 Å². The fraction of sp³-hybridized carbons (Fsp3) is 0.231. The minimum atomic E-state index is -4.46. The summed E-state index contributed by atoms with van der Waals surface area (Å²) in [6, 6.07) is 5.27. The molecule has 1 aromatic heterocycles. The number of rotatable bonds is 1. The number of nitrogens with two attached hydrogens (primary N) is 1. The lowest BCUT2D eigenvalue weighted by Gasteiger charge is -2.11. The summed E-state index contributed by atoms with van der Waals surface area (Å²) in [5.74, 6) is 0.812. The predicted octanol–water partition coefficient (Wildman–Crippen LogP) is 4.16. The first-order valence-electron chi connectivity index (χ1n) is 5.33. The molecule has 2 rings (SSSR count). The molecule has 2 nitrogen and oxygen atoms in total. The molecule has 1 aromatic carbocycles. The highest BCUT2D eigenvalue weighted by atomic mass is 19.4. The van der Waals surface area contributed by atoms with E-state index < -0.39 is 11.7 Å². The van der Waals surface area contributed by atoms with Crippen molar-refractivity contribution < 1.29 is 17.6 Å². The van der Waals surface area contributed by atoms with Crippen molar-refractivity contribution in [1.82, 2.24) is 0 Å². The van der Waals surface area contributed by atoms with Crippen LogP contribution in [-0.4, -0.2) is 0 Å². The van der Waals surface area contributed by atoms with Gasteiger partial charge in [0.05, 0.1) is 5.56 Å². The van der Waals surface area contributed by atoms with Gasteiger partial charge in [0.25, 0.3) is 0 Å². The molecule has 96 valence electrons. The topological polar surface area (TPSA) is 39.2 Å². The van der Waals surface area contributed by atoms with E-state index in [2.05, 4.69) is 0 Å². The molecule has 0 radical (unpaired) electrons. The van der Waals surface area contributed by atoms with Crippen LogP contribution in [0, 0.1) is 13.8 Å². The number of hydrogen-bond acceptors (Lipinski definition) is 2. The van der Waals surface area contributed by atoms with E-state index in [0.29, 0.717) is 5.76 Å². The molecule has 0 atom stereocenters. The number of alkyl halides is 3. The van der Waals surface area contributed by atoms with E-state index in [4.69, 9.17) is 10.2 Å². The first-order valence-corrected chi connectivity index (χ1v) is 5.33. The summed E-state index contributed by atoms with van der Waals surface area (Å²) in [5, 5.41) is 0. The van der Waals surface area contributed by atoms with Crippen molar-refractivity contribution in [2.24, 2.45) is 0 Å². The van der Waals surface area contributed by atoms with Crippen molar-refractivity contribution in [2.45, 2.75) is 20.0 Å². The van der Waals surface area contributed by atoms with E-state index in [1.807, 2.05) is 0 Å². The molecular formula is C13H12F3NO. The first kappa shape index (κ1) is 12.5. The van der Waals surface area contributed by atoms with Crippen LogP contribution in [0.15, 0.2) is 28.7 Å². The minimum Gasteiger partial charge on any atom is -0.461 e. The van der Waals surface area contributed by atoms with E-state index in [9.17, 15) is 13.2 Å². The molecule has 18 heavy (non-hydrogen) atoms. The van der Waals surface area contributed by atoms with Gasteiger partial charge in [-0.05, 0) is 43.7 Å². The predicted molar refractivity (Wildman–Crippen MR) is 63.0 cm³/mol. The second-order valence-corrected chi connectivity index (χ2v) is 4.15. The molecule has 2 aromatic rings. The number of benzene rings is 1. The Balaban J connectivity index is 2.64. The molecule has 0 fully saturated rings. The molecule has 0 saturated carbocycles. The second-order valence-electron chi connectivity index (χ2n) is 4.15. The van der Waals surface area contributed by atoms with Crippen LogP contribution in [0.5, 0.6) is 0 Å². The molecular weight excluding hydrogens is 243 g/mol. The lowest BCUT2D eigenvalue weighted by Crippen LogP contribution is -2.07. The van der Waals surface area contributed by atoms with Gasteiger partial charge in [-0.1, -0.05) is 0 Å². The molecule has 0 aliphatic rings. The Morgan fingerprint density at radius 3 is 2.28 bits per heavy atom. The average Bonchev–Trinajstić information content (AvgIpc) is 2.57. The highest BCUT2D eigenvalue weighted by Crippen LogP contribution is 2.39. The van der Waals surface area contributed by atoms with Gasteiger partial charge in [-0.2, -0.15) is 13.2 Å². The molecule has 0 saturated heterocycles. The lowest BCUT2D eigenvalue weighted by molar-refractivity contribution is -0.137. The maximum absolute atomic E-state index is 12.9. The summed E-state index contributed by atoms with van der Waals surface area (Å²) in [4.78, 5) is 0. The van der Waals surface area contributed by atoms with E-state index >= 15 is 0 Å². The van der Waals surface area contributed by atoms with Crippen LogP contribution in [0.3, 0.4) is 0 Å². The molecule has 5 heteroatoms. The normalized spacial score (nSPS) is 11.8. The summed E-state index contributed by atoms with van der Waals surface area (Å²) < 4.78 is 44.1. The SMILES string of the molecule is Cc1cc(-c2ccc(N)cc2C(F)(F)F)oc1C. The summed E-state index contributed by atoms with van der Waals surface area (Å²) in [6.07, 6.45) is -4.46. The molecule has 0 aliphatic heterocycles. The number of anilines is 1. The minimum absolute atomic E-state index is 0.00731. The van der Waals surface area contributed by atoms with Crippen LogP contribution in [0.25, 0.3) is 11.3 Å². The monoisotopic (exact) mass is 255 g/mol. The van der Waals surface area contributed by atoms with Crippen molar-refractivity contribution in [3.63, 3.8) is 0 Å². The number of hydrogen-bond donors (Lipinski definition) is 1. The third-order valence-corrected chi connectivity index (χ3v) is 2.78. The van der Waals surface area contributed by atoms with Gasteiger partial charge in [0.1, 0.15) is 11.5 Å². The average molecular weight is 255 g/mol. The zero-order valence-electron chi connectivity index (χ0n) is 9.93. The van der Waals surface area contributed by atoms with E-state index in [0.717, 1.165) is 11.6 Å². The smallest absolute Gasteiger partial charge is 0.417 e.